The Kier molecular flexibility index (Phi) is 7.51. The van der Waals surface area contributed by atoms with Crippen LogP contribution < -0.4 is 15.5 Å². The number of anilines is 1. The molecule has 1 aliphatic rings. The molecular formula is C28H25N5O3S2. The number of fused-ring (bicyclic) bond motifs is 1. The van der Waals surface area contributed by atoms with E-state index in [0.717, 1.165) is 41.9 Å². The van der Waals surface area contributed by atoms with Crippen molar-refractivity contribution in [3.63, 3.8) is 0 Å². The van der Waals surface area contributed by atoms with Gasteiger partial charge in [0.05, 0.1) is 16.8 Å². The summed E-state index contributed by atoms with van der Waals surface area (Å²) in [4.78, 5) is 37.3. The fourth-order valence-electron chi connectivity index (χ4n) is 3.99. The lowest BCUT2D eigenvalue weighted by Crippen LogP contribution is -2.36. The maximum absolute atomic E-state index is 12.6. The number of aryl methyl sites for hydroxylation is 1. The Labute approximate surface area is 228 Å². The predicted molar refractivity (Wildman–Crippen MR) is 152 cm³/mol. The topological polar surface area (TPSA) is 96.4 Å². The smallest absolute Gasteiger partial charge is 0.275 e. The van der Waals surface area contributed by atoms with Crippen LogP contribution in [-0.2, 0) is 9.59 Å². The second-order valence-corrected chi connectivity index (χ2v) is 10.5. The molecular weight excluding hydrogens is 518 g/mol. The van der Waals surface area contributed by atoms with Crippen LogP contribution in [0.4, 0.5) is 5.82 Å². The quantitative estimate of drug-likeness (QED) is 0.174. The van der Waals surface area contributed by atoms with E-state index in [1.54, 1.807) is 18.3 Å². The number of carbonyl (C=O) groups is 2. The number of carbonyl (C=O) groups excluding carboxylic acids is 2. The van der Waals surface area contributed by atoms with Gasteiger partial charge in [0.2, 0.25) is 0 Å². The normalized spacial score (nSPS) is 13.0. The van der Waals surface area contributed by atoms with Gasteiger partial charge in [-0.05, 0) is 67.6 Å². The Bertz CT molecular complexity index is 1600. The number of hydrogen-bond donors (Lipinski definition) is 2. The van der Waals surface area contributed by atoms with E-state index in [0.29, 0.717) is 36.9 Å². The van der Waals surface area contributed by atoms with Gasteiger partial charge < -0.3 is 10.1 Å². The minimum Gasteiger partial charge on any atom is -0.492 e. The fourth-order valence-corrected chi connectivity index (χ4v) is 5.84. The summed E-state index contributed by atoms with van der Waals surface area (Å²) < 4.78 is 5.83. The zero-order valence-electron chi connectivity index (χ0n) is 21.1. The Morgan fingerprint density at radius 3 is 2.61 bits per heavy atom. The number of amides is 2. The summed E-state index contributed by atoms with van der Waals surface area (Å²) in [5.41, 5.74) is 5.34. The maximum Gasteiger partial charge on any atom is 0.275 e. The van der Waals surface area contributed by atoms with Crippen molar-refractivity contribution >= 4 is 50.5 Å². The van der Waals surface area contributed by atoms with Crippen molar-refractivity contribution in [2.45, 2.75) is 20.8 Å². The standard InChI is InChI=1S/C28H25N5O3S2/c1-4-5-12-29-13-14-36-20-10-8-19(9-11-20)24-18(3)23-26(32-33-22(34)16-17(2)28(33)35)30-25(31-27(23)38-24)21-7-6-15-37-21/h6-11,15-16,29H,12-14H2,1-3H3,(H,30,31,32). The summed E-state index contributed by atoms with van der Waals surface area (Å²) in [6.07, 6.45) is 1.32. The number of benzene rings is 1. The van der Waals surface area contributed by atoms with Gasteiger partial charge in [0.15, 0.2) is 11.6 Å². The first-order chi connectivity index (χ1) is 18.5. The lowest BCUT2D eigenvalue weighted by atomic mass is 10.1. The van der Waals surface area contributed by atoms with Gasteiger partial charge in [0, 0.05) is 23.1 Å². The molecule has 0 bridgehead atoms. The third-order valence-corrected chi connectivity index (χ3v) is 8.01. The molecule has 0 saturated heterocycles. The monoisotopic (exact) mass is 543 g/mol. The molecule has 4 heterocycles. The summed E-state index contributed by atoms with van der Waals surface area (Å²) in [6.45, 7) is 7.34. The Balaban J connectivity index is 1.45. The third kappa shape index (κ3) is 5.17. The van der Waals surface area contributed by atoms with Crippen molar-refractivity contribution in [1.82, 2.24) is 20.3 Å². The van der Waals surface area contributed by atoms with E-state index in [-0.39, 0.29) is 0 Å². The van der Waals surface area contributed by atoms with Crippen molar-refractivity contribution < 1.29 is 14.3 Å². The molecule has 4 aromatic rings. The van der Waals surface area contributed by atoms with Crippen LogP contribution in [0.2, 0.25) is 0 Å². The molecule has 0 spiro atoms. The van der Waals surface area contributed by atoms with E-state index in [2.05, 4.69) is 22.6 Å². The van der Waals surface area contributed by atoms with Crippen LogP contribution in [-0.4, -0.2) is 46.5 Å². The molecule has 2 amide bonds. The molecule has 0 fully saturated rings. The van der Waals surface area contributed by atoms with Crippen LogP contribution in [0.3, 0.4) is 0 Å². The second kappa shape index (κ2) is 11.1. The minimum atomic E-state index is -0.422. The van der Waals surface area contributed by atoms with Gasteiger partial charge in [-0.25, -0.2) is 9.97 Å². The predicted octanol–water partition coefficient (Wildman–Crippen LogP) is 5.03. The van der Waals surface area contributed by atoms with E-state index in [4.69, 9.17) is 14.7 Å². The Hall–Kier alpha value is -4.04. The molecule has 38 heavy (non-hydrogen) atoms. The highest BCUT2D eigenvalue weighted by Gasteiger charge is 2.30. The van der Waals surface area contributed by atoms with E-state index >= 15 is 0 Å². The van der Waals surface area contributed by atoms with Gasteiger partial charge in [-0.15, -0.1) is 28.6 Å². The summed E-state index contributed by atoms with van der Waals surface area (Å²) in [5, 5.41) is 6.94. The zero-order valence-corrected chi connectivity index (χ0v) is 22.8. The average Bonchev–Trinajstić information content (AvgIpc) is 3.62. The van der Waals surface area contributed by atoms with Crippen LogP contribution >= 0.6 is 22.7 Å². The highest BCUT2D eigenvalue weighted by atomic mass is 32.1. The number of nitrogens with one attached hydrogen (secondary N) is 2. The molecule has 0 aliphatic carbocycles. The van der Waals surface area contributed by atoms with Gasteiger partial charge in [-0.3, -0.25) is 15.0 Å². The minimum absolute atomic E-state index is 0.377. The SMILES string of the molecule is CC#CCNCCOc1ccc(-c2sc3nc(-c4cccs4)nc(NN4C(=O)C=C(C)C4=O)c3c2C)cc1. The maximum atomic E-state index is 12.6. The Morgan fingerprint density at radius 2 is 1.92 bits per heavy atom. The molecule has 2 N–H and O–H groups in total. The summed E-state index contributed by atoms with van der Waals surface area (Å²) in [7, 11) is 0. The van der Waals surface area contributed by atoms with Crippen LogP contribution in [0.5, 0.6) is 5.75 Å². The van der Waals surface area contributed by atoms with Crippen LogP contribution in [0, 0.1) is 18.8 Å². The number of nitrogens with zero attached hydrogens (tertiary/aromatic N) is 3. The zero-order chi connectivity index (χ0) is 26.6. The van der Waals surface area contributed by atoms with Crippen LogP contribution in [0.1, 0.15) is 19.4 Å². The number of hydrogen-bond acceptors (Lipinski definition) is 9. The third-order valence-electron chi connectivity index (χ3n) is 5.90. The lowest BCUT2D eigenvalue weighted by molar-refractivity contribution is -0.135. The first kappa shape index (κ1) is 25.6. The molecule has 1 aromatic carbocycles. The molecule has 0 saturated carbocycles. The molecule has 192 valence electrons. The number of aromatic nitrogens is 2. The first-order valence-electron chi connectivity index (χ1n) is 12.0. The molecule has 10 heteroatoms. The largest absolute Gasteiger partial charge is 0.492 e. The average molecular weight is 544 g/mol. The number of rotatable bonds is 9. The molecule has 3 aromatic heterocycles. The highest BCUT2D eigenvalue weighted by Crippen LogP contribution is 2.42. The number of imide groups is 1. The molecule has 0 unspecified atom stereocenters. The number of ether oxygens (including phenoxy) is 1. The molecule has 1 aliphatic heterocycles. The fraction of sp³-hybridized carbons (Fsp3) is 0.214. The van der Waals surface area contributed by atoms with Gasteiger partial charge in [-0.2, -0.15) is 5.01 Å². The van der Waals surface area contributed by atoms with Crippen molar-refractivity contribution in [3.05, 3.63) is 59.0 Å². The van der Waals surface area contributed by atoms with E-state index in [1.807, 2.05) is 55.6 Å². The summed E-state index contributed by atoms with van der Waals surface area (Å²) >= 11 is 3.07. The second-order valence-electron chi connectivity index (χ2n) is 8.50. The molecule has 8 nitrogen and oxygen atoms in total. The van der Waals surface area contributed by atoms with Crippen molar-refractivity contribution in [2.24, 2.45) is 0 Å². The van der Waals surface area contributed by atoms with Gasteiger partial charge in [-0.1, -0.05) is 12.0 Å². The summed E-state index contributed by atoms with van der Waals surface area (Å²) in [6, 6.07) is 11.8. The van der Waals surface area contributed by atoms with Gasteiger partial charge in [0.1, 0.15) is 17.2 Å². The molecule has 5 rings (SSSR count). The molecule has 0 radical (unpaired) electrons. The number of hydrazine groups is 1. The first-order valence-corrected chi connectivity index (χ1v) is 13.7. The molecule has 0 atom stereocenters. The van der Waals surface area contributed by atoms with E-state index in [1.165, 1.54) is 17.4 Å². The van der Waals surface area contributed by atoms with Gasteiger partial charge >= 0.3 is 0 Å². The van der Waals surface area contributed by atoms with Crippen LogP contribution in [0.15, 0.2) is 53.4 Å². The lowest BCUT2D eigenvalue weighted by Gasteiger charge is -2.17. The van der Waals surface area contributed by atoms with Gasteiger partial charge in [0.25, 0.3) is 11.8 Å². The number of thiophene rings is 2. The Morgan fingerprint density at radius 1 is 1.11 bits per heavy atom. The van der Waals surface area contributed by atoms with E-state index < -0.39 is 11.8 Å². The van der Waals surface area contributed by atoms with Crippen molar-refractivity contribution in [3.8, 4) is 38.7 Å². The van der Waals surface area contributed by atoms with E-state index in [9.17, 15) is 9.59 Å². The highest BCUT2D eigenvalue weighted by molar-refractivity contribution is 7.22. The summed E-state index contributed by atoms with van der Waals surface area (Å²) in [5.74, 6) is 6.74. The van der Waals surface area contributed by atoms with Crippen LogP contribution in [0.25, 0.3) is 31.4 Å². The van der Waals surface area contributed by atoms with Crippen molar-refractivity contribution in [2.75, 3.05) is 25.1 Å². The van der Waals surface area contributed by atoms with Crippen molar-refractivity contribution in [1.29, 1.82) is 0 Å².